The Morgan fingerprint density at radius 2 is 1.90 bits per heavy atom. The van der Waals surface area contributed by atoms with E-state index in [1.807, 2.05) is 36.4 Å². The number of halogens is 2. The van der Waals surface area contributed by atoms with Gasteiger partial charge in [-0.3, -0.25) is 4.79 Å². The van der Waals surface area contributed by atoms with Crippen LogP contribution in [0.3, 0.4) is 0 Å². The van der Waals surface area contributed by atoms with Crippen molar-refractivity contribution < 1.29 is 4.79 Å². The maximum Gasteiger partial charge on any atom is 0.251 e. The van der Waals surface area contributed by atoms with Gasteiger partial charge in [0.15, 0.2) is 0 Å². The summed E-state index contributed by atoms with van der Waals surface area (Å²) < 4.78 is 0.800. The maximum atomic E-state index is 12.1. The topological polar surface area (TPSA) is 29.1 Å². The van der Waals surface area contributed by atoms with Crippen LogP contribution in [-0.4, -0.2) is 5.91 Å². The minimum atomic E-state index is -0.146. The largest absolute Gasteiger partial charge is 0.322 e. The van der Waals surface area contributed by atoms with Crippen molar-refractivity contribution in [3.63, 3.8) is 0 Å². The molecule has 2 aromatic rings. The van der Waals surface area contributed by atoms with Crippen LogP contribution in [0.15, 0.2) is 58.6 Å². The molecule has 0 aromatic heterocycles. The molecule has 0 saturated heterocycles. The van der Waals surface area contributed by atoms with E-state index in [9.17, 15) is 4.79 Å². The number of carbonyl (C=O) groups excluding carboxylic acids is 1. The number of hydrogen-bond acceptors (Lipinski definition) is 1. The molecule has 102 valence electrons. The predicted octanol–water partition coefficient (Wildman–Crippen LogP) is 5.14. The molecule has 1 N–H and O–H groups in total. The standard InChI is InChI=1S/C16H13BrClNO/c1-11(9-12-5-3-2-4-6-12)16(20)19-13-7-8-14(17)15(18)10-13/h2-10H,1H3,(H,19,20). The van der Waals surface area contributed by atoms with Gasteiger partial charge in [-0.25, -0.2) is 0 Å². The van der Waals surface area contributed by atoms with E-state index in [-0.39, 0.29) is 5.91 Å². The van der Waals surface area contributed by atoms with E-state index in [0.29, 0.717) is 16.3 Å². The SMILES string of the molecule is CC(=Cc1ccccc1)C(=O)Nc1ccc(Br)c(Cl)c1. The number of benzene rings is 2. The van der Waals surface area contributed by atoms with Gasteiger partial charge in [-0.2, -0.15) is 0 Å². The van der Waals surface area contributed by atoms with Crippen LogP contribution in [0.2, 0.25) is 5.02 Å². The normalized spacial score (nSPS) is 11.2. The highest BCUT2D eigenvalue weighted by Crippen LogP contribution is 2.25. The van der Waals surface area contributed by atoms with E-state index >= 15 is 0 Å². The molecule has 0 unspecified atom stereocenters. The van der Waals surface area contributed by atoms with Gasteiger partial charge < -0.3 is 5.32 Å². The lowest BCUT2D eigenvalue weighted by Crippen LogP contribution is -2.12. The van der Waals surface area contributed by atoms with Crippen molar-refractivity contribution in [3.05, 3.63) is 69.2 Å². The van der Waals surface area contributed by atoms with Crippen molar-refractivity contribution in [2.24, 2.45) is 0 Å². The summed E-state index contributed by atoms with van der Waals surface area (Å²) in [5.74, 6) is -0.146. The molecule has 0 heterocycles. The summed E-state index contributed by atoms with van der Waals surface area (Å²) in [4.78, 5) is 12.1. The third-order valence-corrected chi connectivity index (χ3v) is 3.95. The minimum Gasteiger partial charge on any atom is -0.322 e. The molecule has 0 aliphatic rings. The van der Waals surface area contributed by atoms with Crippen molar-refractivity contribution in [2.45, 2.75) is 6.92 Å². The van der Waals surface area contributed by atoms with E-state index in [2.05, 4.69) is 21.2 Å². The molecule has 2 nitrogen and oxygen atoms in total. The average molecular weight is 351 g/mol. The number of anilines is 1. The summed E-state index contributed by atoms with van der Waals surface area (Å²) in [6.45, 7) is 1.78. The lowest BCUT2D eigenvalue weighted by molar-refractivity contribution is -0.112. The second-order valence-electron chi connectivity index (χ2n) is 4.32. The van der Waals surface area contributed by atoms with E-state index in [0.717, 1.165) is 10.0 Å². The Bertz CT molecular complexity index is 653. The van der Waals surface area contributed by atoms with Crippen LogP contribution < -0.4 is 5.32 Å². The molecule has 4 heteroatoms. The van der Waals surface area contributed by atoms with Crippen molar-refractivity contribution in [1.29, 1.82) is 0 Å². The summed E-state index contributed by atoms with van der Waals surface area (Å²) in [5, 5.41) is 3.38. The van der Waals surface area contributed by atoms with Gasteiger partial charge in [0.05, 0.1) is 5.02 Å². The number of rotatable bonds is 3. The number of amides is 1. The Morgan fingerprint density at radius 1 is 1.20 bits per heavy atom. The summed E-state index contributed by atoms with van der Waals surface area (Å²) in [6.07, 6.45) is 1.84. The first-order chi connectivity index (χ1) is 9.56. The zero-order chi connectivity index (χ0) is 14.5. The third kappa shape index (κ3) is 3.95. The van der Waals surface area contributed by atoms with Crippen molar-refractivity contribution in [2.75, 3.05) is 5.32 Å². The molecule has 1 amide bonds. The van der Waals surface area contributed by atoms with Gasteiger partial charge in [-0.1, -0.05) is 41.9 Å². The molecule has 0 radical (unpaired) electrons. The molecule has 0 saturated carbocycles. The van der Waals surface area contributed by atoms with Gasteiger partial charge in [0, 0.05) is 15.7 Å². The van der Waals surface area contributed by atoms with E-state index in [1.54, 1.807) is 25.1 Å². The molecule has 2 rings (SSSR count). The molecular weight excluding hydrogens is 338 g/mol. The zero-order valence-electron chi connectivity index (χ0n) is 10.9. The number of carbonyl (C=O) groups is 1. The highest BCUT2D eigenvalue weighted by molar-refractivity contribution is 9.10. The van der Waals surface area contributed by atoms with Gasteiger partial charge in [-0.15, -0.1) is 0 Å². The van der Waals surface area contributed by atoms with E-state index < -0.39 is 0 Å². The number of nitrogens with one attached hydrogen (secondary N) is 1. The lowest BCUT2D eigenvalue weighted by Gasteiger charge is -2.07. The van der Waals surface area contributed by atoms with E-state index in [1.165, 1.54) is 0 Å². The second kappa shape index (κ2) is 6.73. The quantitative estimate of drug-likeness (QED) is 0.763. The Kier molecular flexibility index (Phi) is 4.99. The van der Waals surface area contributed by atoms with Crippen LogP contribution in [0.5, 0.6) is 0 Å². The molecule has 2 aromatic carbocycles. The third-order valence-electron chi connectivity index (χ3n) is 2.72. The Labute approximate surface area is 131 Å². The van der Waals surface area contributed by atoms with Crippen LogP contribution in [0.1, 0.15) is 12.5 Å². The van der Waals surface area contributed by atoms with Crippen LogP contribution >= 0.6 is 27.5 Å². The lowest BCUT2D eigenvalue weighted by atomic mass is 10.1. The van der Waals surface area contributed by atoms with Crippen molar-refractivity contribution in [3.8, 4) is 0 Å². The number of hydrogen-bond donors (Lipinski definition) is 1. The van der Waals surface area contributed by atoms with Gasteiger partial charge in [0.1, 0.15) is 0 Å². The van der Waals surface area contributed by atoms with E-state index in [4.69, 9.17) is 11.6 Å². The summed E-state index contributed by atoms with van der Waals surface area (Å²) >= 11 is 9.31. The highest BCUT2D eigenvalue weighted by atomic mass is 79.9. The second-order valence-corrected chi connectivity index (χ2v) is 5.58. The first-order valence-corrected chi connectivity index (χ1v) is 7.23. The van der Waals surface area contributed by atoms with Crippen LogP contribution in [0.4, 0.5) is 5.69 Å². The van der Waals surface area contributed by atoms with Gasteiger partial charge in [0.25, 0.3) is 5.91 Å². The molecule has 0 aliphatic heterocycles. The first-order valence-electron chi connectivity index (χ1n) is 6.06. The fraction of sp³-hybridized carbons (Fsp3) is 0.0625. The fourth-order valence-electron chi connectivity index (χ4n) is 1.67. The Hall–Kier alpha value is -1.58. The van der Waals surface area contributed by atoms with Crippen molar-refractivity contribution in [1.82, 2.24) is 0 Å². The Balaban J connectivity index is 2.11. The molecule has 0 atom stereocenters. The van der Waals surface area contributed by atoms with Crippen LogP contribution in [0.25, 0.3) is 6.08 Å². The van der Waals surface area contributed by atoms with Crippen LogP contribution in [0, 0.1) is 0 Å². The zero-order valence-corrected chi connectivity index (χ0v) is 13.2. The monoisotopic (exact) mass is 349 g/mol. The predicted molar refractivity (Wildman–Crippen MR) is 87.9 cm³/mol. The minimum absolute atomic E-state index is 0.146. The maximum absolute atomic E-state index is 12.1. The molecule has 0 bridgehead atoms. The molecular formula is C16H13BrClNO. The molecule has 0 fully saturated rings. The molecule has 0 aliphatic carbocycles. The van der Waals surface area contributed by atoms with Gasteiger partial charge in [-0.05, 0) is 52.7 Å². The first kappa shape index (κ1) is 14.8. The smallest absolute Gasteiger partial charge is 0.251 e. The van der Waals surface area contributed by atoms with Crippen LogP contribution in [-0.2, 0) is 4.79 Å². The Morgan fingerprint density at radius 3 is 2.55 bits per heavy atom. The van der Waals surface area contributed by atoms with Gasteiger partial charge in [0.2, 0.25) is 0 Å². The average Bonchev–Trinajstić information content (AvgIpc) is 2.44. The highest BCUT2D eigenvalue weighted by Gasteiger charge is 2.06. The van der Waals surface area contributed by atoms with Gasteiger partial charge >= 0.3 is 0 Å². The summed E-state index contributed by atoms with van der Waals surface area (Å²) in [6, 6.07) is 15.0. The summed E-state index contributed by atoms with van der Waals surface area (Å²) in [7, 11) is 0. The summed E-state index contributed by atoms with van der Waals surface area (Å²) in [5.41, 5.74) is 2.30. The van der Waals surface area contributed by atoms with Crippen molar-refractivity contribution >= 4 is 45.2 Å². The fourth-order valence-corrected chi connectivity index (χ4v) is 2.10. The molecule has 0 spiro atoms. The molecule has 20 heavy (non-hydrogen) atoms.